The van der Waals surface area contributed by atoms with Crippen LogP contribution in [0.4, 0.5) is 0 Å². The van der Waals surface area contributed by atoms with Crippen LogP contribution in [0.2, 0.25) is 0 Å². The van der Waals surface area contributed by atoms with E-state index in [1.165, 1.54) is 124 Å². The molecule has 10 aromatic rings. The molecule has 52 heavy (non-hydrogen) atoms. The van der Waals surface area contributed by atoms with Crippen molar-refractivity contribution in [2.45, 2.75) is 51.4 Å². The van der Waals surface area contributed by atoms with Gasteiger partial charge in [0.05, 0.1) is 0 Å². The topological polar surface area (TPSA) is 26.3 Å². The molecule has 248 valence electrons. The highest BCUT2D eigenvalue weighted by molar-refractivity contribution is 6.27. The minimum Gasteiger partial charge on any atom is -0.455 e. The van der Waals surface area contributed by atoms with Gasteiger partial charge in [0.2, 0.25) is 0 Å². The Hall–Kier alpha value is -5.86. The summed E-state index contributed by atoms with van der Waals surface area (Å²) in [7, 11) is 0. The van der Waals surface area contributed by atoms with E-state index in [4.69, 9.17) is 8.83 Å². The van der Waals surface area contributed by atoms with E-state index >= 15 is 0 Å². The zero-order valence-electron chi connectivity index (χ0n) is 29.0. The lowest BCUT2D eigenvalue weighted by Crippen LogP contribution is -2.05. The van der Waals surface area contributed by atoms with Gasteiger partial charge in [-0.1, -0.05) is 97.1 Å². The Morgan fingerprint density at radius 3 is 1.27 bits per heavy atom. The van der Waals surface area contributed by atoms with Gasteiger partial charge in [-0.25, -0.2) is 0 Å². The van der Waals surface area contributed by atoms with Crippen LogP contribution in [0, 0.1) is 0 Å². The average Bonchev–Trinajstić information content (AvgIpc) is 3.79. The quantitative estimate of drug-likeness (QED) is 0.171. The second kappa shape index (κ2) is 10.8. The van der Waals surface area contributed by atoms with Crippen molar-refractivity contribution in [3.63, 3.8) is 0 Å². The molecule has 8 aromatic carbocycles. The molecule has 0 aliphatic heterocycles. The van der Waals surface area contributed by atoms with Crippen molar-refractivity contribution in [2.75, 3.05) is 0 Å². The van der Waals surface area contributed by atoms with Gasteiger partial charge in [-0.3, -0.25) is 0 Å². The van der Waals surface area contributed by atoms with E-state index in [1.54, 1.807) is 0 Å². The number of fused-ring (bicyclic) bond motifs is 15. The number of hydrogen-bond acceptors (Lipinski definition) is 2. The smallest absolute Gasteiger partial charge is 0.143 e. The van der Waals surface area contributed by atoms with E-state index in [9.17, 15) is 0 Å². The molecule has 2 nitrogen and oxygen atoms in total. The Bertz CT molecular complexity index is 2920. The van der Waals surface area contributed by atoms with Crippen LogP contribution < -0.4 is 0 Å². The van der Waals surface area contributed by atoms with Gasteiger partial charge in [-0.05, 0) is 141 Å². The van der Waals surface area contributed by atoms with E-state index in [0.717, 1.165) is 48.0 Å². The number of benzene rings is 8. The molecule has 2 aliphatic carbocycles. The van der Waals surface area contributed by atoms with E-state index in [1.807, 2.05) is 0 Å². The first-order valence-electron chi connectivity index (χ1n) is 19.1. The molecule has 0 radical (unpaired) electrons. The molecule has 0 bridgehead atoms. The molecule has 0 fully saturated rings. The minimum absolute atomic E-state index is 0.943. The Morgan fingerprint density at radius 1 is 0.327 bits per heavy atom. The zero-order chi connectivity index (χ0) is 33.9. The largest absolute Gasteiger partial charge is 0.455 e. The summed E-state index contributed by atoms with van der Waals surface area (Å²) in [6, 6.07) is 45.2. The molecule has 0 amide bonds. The molecule has 2 aromatic heterocycles. The standard InChI is InChI=1S/C50H36O2/c1-3-13-31-29(11-1)23-25-35-41-28-44(40-20-10-18-38-34-16-6-8-22-46(34)52-50(38)40)48-32-14-4-2-12-30(32)24-26-36(48)42(41)27-43(47(31)35)39-19-9-17-37-33-15-5-7-21-45(33)51-49(37)39/h5-10,15-28H,1-4,11-14H2. The predicted molar refractivity (Wildman–Crippen MR) is 218 cm³/mol. The highest BCUT2D eigenvalue weighted by Gasteiger charge is 2.25. The van der Waals surface area contributed by atoms with Crippen molar-refractivity contribution in [3.05, 3.63) is 144 Å². The van der Waals surface area contributed by atoms with Crippen molar-refractivity contribution in [1.82, 2.24) is 0 Å². The molecule has 0 atom stereocenters. The van der Waals surface area contributed by atoms with Crippen LogP contribution in [0.1, 0.15) is 47.9 Å². The molecular formula is C50H36O2. The van der Waals surface area contributed by atoms with Gasteiger partial charge < -0.3 is 8.83 Å². The van der Waals surface area contributed by atoms with Crippen LogP contribution in [0.15, 0.2) is 130 Å². The second-order valence-electron chi connectivity index (χ2n) is 15.2. The molecule has 2 heterocycles. The van der Waals surface area contributed by atoms with E-state index in [-0.39, 0.29) is 0 Å². The van der Waals surface area contributed by atoms with Gasteiger partial charge in [0.25, 0.3) is 0 Å². The first kappa shape index (κ1) is 28.8. The molecule has 0 saturated heterocycles. The summed E-state index contributed by atoms with van der Waals surface area (Å²) in [5.41, 5.74) is 14.8. The lowest BCUT2D eigenvalue weighted by molar-refractivity contribution is 0.669. The fourth-order valence-corrected chi connectivity index (χ4v) is 10.1. The van der Waals surface area contributed by atoms with Crippen molar-refractivity contribution in [2.24, 2.45) is 0 Å². The van der Waals surface area contributed by atoms with Crippen molar-refractivity contribution >= 4 is 76.2 Å². The first-order valence-corrected chi connectivity index (χ1v) is 19.1. The summed E-state index contributed by atoms with van der Waals surface area (Å²) in [6.45, 7) is 0. The van der Waals surface area contributed by atoms with Crippen LogP contribution in [0.5, 0.6) is 0 Å². The van der Waals surface area contributed by atoms with Gasteiger partial charge in [-0.15, -0.1) is 0 Å². The van der Waals surface area contributed by atoms with E-state index in [2.05, 4.69) is 121 Å². The maximum atomic E-state index is 6.74. The highest BCUT2D eigenvalue weighted by Crippen LogP contribution is 2.49. The van der Waals surface area contributed by atoms with Crippen LogP contribution in [-0.2, 0) is 25.7 Å². The van der Waals surface area contributed by atoms with E-state index < -0.39 is 0 Å². The average molecular weight is 669 g/mol. The van der Waals surface area contributed by atoms with Gasteiger partial charge >= 0.3 is 0 Å². The predicted octanol–water partition coefficient (Wildman–Crippen LogP) is 14.0. The maximum Gasteiger partial charge on any atom is 0.143 e. The summed E-state index contributed by atoms with van der Waals surface area (Å²) < 4.78 is 13.5. The van der Waals surface area contributed by atoms with Crippen LogP contribution in [-0.4, -0.2) is 0 Å². The third kappa shape index (κ3) is 3.95. The third-order valence-corrected chi connectivity index (χ3v) is 12.4. The Labute approximate surface area is 301 Å². The zero-order valence-corrected chi connectivity index (χ0v) is 29.0. The Morgan fingerprint density at radius 2 is 0.769 bits per heavy atom. The molecule has 0 saturated carbocycles. The third-order valence-electron chi connectivity index (χ3n) is 12.4. The summed E-state index contributed by atoms with van der Waals surface area (Å²) in [4.78, 5) is 0. The van der Waals surface area contributed by atoms with Gasteiger partial charge in [-0.2, -0.15) is 0 Å². The summed E-state index contributed by atoms with van der Waals surface area (Å²) in [5.74, 6) is 0. The summed E-state index contributed by atoms with van der Waals surface area (Å²) in [5, 5.41) is 12.8. The highest BCUT2D eigenvalue weighted by atomic mass is 16.3. The number of hydrogen-bond donors (Lipinski definition) is 0. The van der Waals surface area contributed by atoms with Crippen LogP contribution >= 0.6 is 0 Å². The molecule has 12 rings (SSSR count). The van der Waals surface area contributed by atoms with Gasteiger partial charge in [0, 0.05) is 32.7 Å². The van der Waals surface area contributed by atoms with Crippen LogP contribution in [0.25, 0.3) is 98.4 Å². The van der Waals surface area contributed by atoms with Crippen molar-refractivity contribution in [3.8, 4) is 22.3 Å². The molecular weight excluding hydrogens is 633 g/mol. The lowest BCUT2D eigenvalue weighted by atomic mass is 9.79. The number of furan rings is 2. The van der Waals surface area contributed by atoms with Crippen molar-refractivity contribution in [1.29, 1.82) is 0 Å². The number of rotatable bonds is 2. The van der Waals surface area contributed by atoms with Gasteiger partial charge in [0.15, 0.2) is 0 Å². The monoisotopic (exact) mass is 668 g/mol. The SMILES string of the molecule is c1ccc2c(c1)oc1c(-c3cc4c5ccc6c(c5c(-c5cccc7c5oc5ccccc57)cc4c4ccc5c(c34)CCCC5)CCCC6)cccc12. The Balaban J connectivity index is 1.27. The van der Waals surface area contributed by atoms with Gasteiger partial charge in [0.1, 0.15) is 22.3 Å². The summed E-state index contributed by atoms with van der Waals surface area (Å²) in [6.07, 6.45) is 9.44. The van der Waals surface area contributed by atoms with E-state index in [0.29, 0.717) is 0 Å². The number of para-hydroxylation sites is 4. The fourth-order valence-electron chi connectivity index (χ4n) is 10.1. The number of aryl methyl sites for hydroxylation is 4. The summed E-state index contributed by atoms with van der Waals surface area (Å²) >= 11 is 0. The van der Waals surface area contributed by atoms with Crippen LogP contribution in [0.3, 0.4) is 0 Å². The lowest BCUT2D eigenvalue weighted by Gasteiger charge is -2.24. The first-order chi connectivity index (χ1) is 25.8. The molecule has 2 aliphatic rings. The normalized spacial score (nSPS) is 14.7. The Kier molecular flexibility index (Phi) is 5.99. The maximum absolute atomic E-state index is 6.74. The minimum atomic E-state index is 0.943. The molecule has 0 N–H and O–H groups in total. The molecule has 0 spiro atoms. The van der Waals surface area contributed by atoms with Crippen molar-refractivity contribution < 1.29 is 8.83 Å². The molecule has 0 unspecified atom stereocenters. The second-order valence-corrected chi connectivity index (χ2v) is 15.2. The fraction of sp³-hybridized carbons (Fsp3) is 0.160. The molecule has 2 heteroatoms.